The van der Waals surface area contributed by atoms with E-state index in [0.717, 1.165) is 12.1 Å². The third-order valence-corrected chi connectivity index (χ3v) is 4.80. The van der Waals surface area contributed by atoms with Crippen molar-refractivity contribution in [2.24, 2.45) is 0 Å². The number of aromatic nitrogens is 4. The van der Waals surface area contributed by atoms with Crippen LogP contribution in [0.15, 0.2) is 48.9 Å². The van der Waals surface area contributed by atoms with Crippen molar-refractivity contribution in [2.45, 2.75) is 26.2 Å². The number of rotatable bonds is 7. The summed E-state index contributed by atoms with van der Waals surface area (Å²) in [6.07, 6.45) is 4.28. The first kappa shape index (κ1) is 18.7. The second-order valence-electron chi connectivity index (χ2n) is 6.03. The fourth-order valence-corrected chi connectivity index (χ4v) is 3.10. The van der Waals surface area contributed by atoms with E-state index < -0.39 is 0 Å². The van der Waals surface area contributed by atoms with Crippen molar-refractivity contribution in [1.29, 1.82) is 0 Å². The van der Waals surface area contributed by atoms with Gasteiger partial charge in [-0.3, -0.25) is 9.88 Å². The SMILES string of the molecule is CN(Cc1c(F)cccc1Cl)Cn1ncn(CCc2ccccn2)c1=S. The minimum atomic E-state index is -0.311. The van der Waals surface area contributed by atoms with Gasteiger partial charge in [0.25, 0.3) is 0 Å². The molecule has 0 atom stereocenters. The largest absolute Gasteiger partial charge is 0.306 e. The van der Waals surface area contributed by atoms with Crippen molar-refractivity contribution in [3.63, 3.8) is 0 Å². The highest BCUT2D eigenvalue weighted by Gasteiger charge is 2.11. The van der Waals surface area contributed by atoms with Gasteiger partial charge in [-0.05, 0) is 43.5 Å². The van der Waals surface area contributed by atoms with Crippen LogP contribution >= 0.6 is 23.8 Å². The highest BCUT2D eigenvalue weighted by atomic mass is 35.5. The van der Waals surface area contributed by atoms with Gasteiger partial charge >= 0.3 is 0 Å². The predicted octanol–water partition coefficient (Wildman–Crippen LogP) is 3.93. The van der Waals surface area contributed by atoms with Gasteiger partial charge in [0, 0.05) is 42.0 Å². The zero-order valence-electron chi connectivity index (χ0n) is 14.3. The number of aryl methyl sites for hydroxylation is 2. The average Bonchev–Trinajstić information content (AvgIpc) is 2.97. The molecule has 3 rings (SSSR count). The Morgan fingerprint density at radius 2 is 2.08 bits per heavy atom. The van der Waals surface area contributed by atoms with E-state index in [0.29, 0.717) is 35.1 Å². The Labute approximate surface area is 161 Å². The Hall–Kier alpha value is -2.09. The van der Waals surface area contributed by atoms with Crippen LogP contribution in [0, 0.1) is 10.6 Å². The quantitative estimate of drug-likeness (QED) is 0.572. The summed E-state index contributed by atoms with van der Waals surface area (Å²) in [6.45, 7) is 1.52. The van der Waals surface area contributed by atoms with Gasteiger partial charge in [-0.2, -0.15) is 5.10 Å². The molecule has 0 radical (unpaired) electrons. The Kier molecular flexibility index (Phi) is 6.13. The van der Waals surface area contributed by atoms with Crippen LogP contribution in [0.4, 0.5) is 4.39 Å². The van der Waals surface area contributed by atoms with Crippen LogP contribution in [0.5, 0.6) is 0 Å². The molecule has 2 aromatic heterocycles. The van der Waals surface area contributed by atoms with Crippen molar-refractivity contribution < 1.29 is 4.39 Å². The molecule has 8 heteroatoms. The lowest BCUT2D eigenvalue weighted by atomic mass is 10.2. The van der Waals surface area contributed by atoms with Crippen LogP contribution in [-0.2, 0) is 26.2 Å². The monoisotopic (exact) mass is 391 g/mol. The topological polar surface area (TPSA) is 38.9 Å². The molecule has 0 aliphatic rings. The predicted molar refractivity (Wildman–Crippen MR) is 102 cm³/mol. The van der Waals surface area contributed by atoms with Crippen molar-refractivity contribution in [2.75, 3.05) is 7.05 Å². The van der Waals surface area contributed by atoms with Crippen LogP contribution in [0.3, 0.4) is 0 Å². The molecular weight excluding hydrogens is 373 g/mol. The van der Waals surface area contributed by atoms with E-state index in [9.17, 15) is 4.39 Å². The van der Waals surface area contributed by atoms with Crippen molar-refractivity contribution in [3.05, 3.63) is 75.8 Å². The van der Waals surface area contributed by atoms with Crippen LogP contribution in [0.2, 0.25) is 5.02 Å². The number of hydrogen-bond acceptors (Lipinski definition) is 4. The minimum Gasteiger partial charge on any atom is -0.306 e. The standard InChI is InChI=1S/C18H19ClFN5S/c1-23(11-15-16(19)6-4-7-17(15)20)13-25-18(26)24(12-22-25)10-8-14-5-2-3-9-21-14/h2-7,9,12H,8,10-11,13H2,1H3. The molecule has 0 fully saturated rings. The maximum absolute atomic E-state index is 13.9. The molecule has 1 aromatic carbocycles. The summed E-state index contributed by atoms with van der Waals surface area (Å²) >= 11 is 11.6. The molecule has 2 heterocycles. The summed E-state index contributed by atoms with van der Waals surface area (Å²) in [4.78, 5) is 6.22. The normalized spacial score (nSPS) is 11.2. The number of hydrogen-bond donors (Lipinski definition) is 0. The van der Waals surface area contributed by atoms with Gasteiger partial charge in [0.15, 0.2) is 4.77 Å². The van der Waals surface area contributed by atoms with Crippen molar-refractivity contribution in [3.8, 4) is 0 Å². The molecule has 0 bridgehead atoms. The molecule has 0 spiro atoms. The van der Waals surface area contributed by atoms with Crippen LogP contribution < -0.4 is 0 Å². The van der Waals surface area contributed by atoms with E-state index in [1.165, 1.54) is 6.07 Å². The highest BCUT2D eigenvalue weighted by molar-refractivity contribution is 7.71. The van der Waals surface area contributed by atoms with Gasteiger partial charge < -0.3 is 4.57 Å². The lowest BCUT2D eigenvalue weighted by Gasteiger charge is -2.17. The fourth-order valence-electron chi connectivity index (χ4n) is 2.64. The lowest BCUT2D eigenvalue weighted by Crippen LogP contribution is -2.23. The summed E-state index contributed by atoms with van der Waals surface area (Å²) < 4.78 is 18.2. The summed E-state index contributed by atoms with van der Waals surface area (Å²) in [5, 5.41) is 4.76. The van der Waals surface area contributed by atoms with Crippen LogP contribution in [0.1, 0.15) is 11.3 Å². The maximum Gasteiger partial charge on any atom is 0.198 e. The van der Waals surface area contributed by atoms with Gasteiger partial charge in [0.05, 0.1) is 6.67 Å². The molecule has 0 unspecified atom stereocenters. The van der Waals surface area contributed by atoms with Gasteiger partial charge in [0.1, 0.15) is 12.1 Å². The van der Waals surface area contributed by atoms with E-state index in [4.69, 9.17) is 23.8 Å². The number of halogens is 2. The number of pyridine rings is 1. The van der Waals surface area contributed by atoms with E-state index in [1.54, 1.807) is 29.3 Å². The highest BCUT2D eigenvalue weighted by Crippen LogP contribution is 2.20. The second-order valence-corrected chi connectivity index (χ2v) is 6.81. The first-order valence-electron chi connectivity index (χ1n) is 8.18. The Bertz CT molecular complexity index is 905. The number of nitrogens with zero attached hydrogens (tertiary/aromatic N) is 5. The molecular formula is C18H19ClFN5S. The fraction of sp³-hybridized carbons (Fsp3) is 0.278. The molecule has 0 saturated heterocycles. The second kappa shape index (κ2) is 8.53. The summed E-state index contributed by atoms with van der Waals surface area (Å²) in [5.41, 5.74) is 1.48. The van der Waals surface area contributed by atoms with Gasteiger partial charge in [-0.15, -0.1) is 0 Å². The third-order valence-electron chi connectivity index (χ3n) is 4.00. The Balaban J connectivity index is 1.63. The zero-order valence-corrected chi connectivity index (χ0v) is 15.9. The van der Waals surface area contributed by atoms with E-state index in [2.05, 4.69) is 10.1 Å². The average molecular weight is 392 g/mol. The van der Waals surface area contributed by atoms with E-state index in [1.807, 2.05) is 34.7 Å². The van der Waals surface area contributed by atoms with E-state index in [-0.39, 0.29) is 5.82 Å². The van der Waals surface area contributed by atoms with E-state index >= 15 is 0 Å². The molecule has 0 saturated carbocycles. The van der Waals surface area contributed by atoms with Crippen molar-refractivity contribution >= 4 is 23.8 Å². The minimum absolute atomic E-state index is 0.311. The molecule has 26 heavy (non-hydrogen) atoms. The summed E-state index contributed by atoms with van der Waals surface area (Å²) in [7, 11) is 1.87. The third kappa shape index (κ3) is 4.55. The Morgan fingerprint density at radius 1 is 1.23 bits per heavy atom. The first-order chi connectivity index (χ1) is 12.5. The van der Waals surface area contributed by atoms with Gasteiger partial charge in [-0.25, -0.2) is 9.07 Å². The van der Waals surface area contributed by atoms with Crippen LogP contribution in [0.25, 0.3) is 0 Å². The molecule has 3 aromatic rings. The molecule has 0 aliphatic heterocycles. The molecule has 0 aliphatic carbocycles. The smallest absolute Gasteiger partial charge is 0.198 e. The number of benzene rings is 1. The summed E-state index contributed by atoms with van der Waals surface area (Å²) in [5.74, 6) is -0.311. The van der Waals surface area contributed by atoms with Crippen LogP contribution in [-0.4, -0.2) is 31.3 Å². The Morgan fingerprint density at radius 3 is 2.81 bits per heavy atom. The maximum atomic E-state index is 13.9. The molecule has 0 N–H and O–H groups in total. The lowest BCUT2D eigenvalue weighted by molar-refractivity contribution is 0.240. The molecule has 5 nitrogen and oxygen atoms in total. The summed E-state index contributed by atoms with van der Waals surface area (Å²) in [6, 6.07) is 10.5. The molecule has 136 valence electrons. The van der Waals surface area contributed by atoms with Gasteiger partial charge in [-0.1, -0.05) is 23.7 Å². The molecule has 0 amide bonds. The van der Waals surface area contributed by atoms with Crippen molar-refractivity contribution in [1.82, 2.24) is 24.2 Å². The zero-order chi connectivity index (χ0) is 18.5. The van der Waals surface area contributed by atoms with Gasteiger partial charge in [0.2, 0.25) is 0 Å². The first-order valence-corrected chi connectivity index (χ1v) is 8.97.